The summed E-state index contributed by atoms with van der Waals surface area (Å²) in [5.74, 6) is -0.308. The molecule has 88 valence electrons. The van der Waals surface area contributed by atoms with Crippen LogP contribution in [0, 0.1) is 20.8 Å². The molecule has 0 saturated heterocycles. The molecule has 0 atom stereocenters. The first-order valence-electron chi connectivity index (χ1n) is 5.42. The molecule has 3 nitrogen and oxygen atoms in total. The second-order valence-corrected chi connectivity index (χ2v) is 3.97. The van der Waals surface area contributed by atoms with Crippen LogP contribution in [-0.2, 0) is 4.74 Å². The minimum Gasteiger partial charge on any atom is -0.462 e. The smallest absolute Gasteiger partial charge is 0.338 e. The number of esters is 1. The van der Waals surface area contributed by atoms with Gasteiger partial charge in [0.05, 0.1) is 12.2 Å². The first-order chi connectivity index (χ1) is 7.56. The van der Waals surface area contributed by atoms with Crippen molar-refractivity contribution >= 4 is 5.97 Å². The molecule has 0 radical (unpaired) electrons. The number of aliphatic hydroxyl groups excluding tert-OH is 1. The lowest BCUT2D eigenvalue weighted by atomic mass is 10.0. The fourth-order valence-electron chi connectivity index (χ4n) is 1.56. The number of aryl methyl sites for hydroxylation is 2. The van der Waals surface area contributed by atoms with Gasteiger partial charge in [-0.05, 0) is 43.5 Å². The van der Waals surface area contributed by atoms with Gasteiger partial charge in [0.15, 0.2) is 0 Å². The van der Waals surface area contributed by atoms with E-state index in [1.54, 1.807) is 0 Å². The Morgan fingerprint density at radius 3 is 2.62 bits per heavy atom. The Labute approximate surface area is 96.1 Å². The highest BCUT2D eigenvalue weighted by atomic mass is 16.5. The van der Waals surface area contributed by atoms with Crippen molar-refractivity contribution < 1.29 is 14.6 Å². The molecule has 1 aromatic rings. The van der Waals surface area contributed by atoms with Crippen LogP contribution in [0.2, 0.25) is 0 Å². The van der Waals surface area contributed by atoms with Crippen LogP contribution in [0.25, 0.3) is 0 Å². The summed E-state index contributed by atoms with van der Waals surface area (Å²) < 4.78 is 5.06. The molecule has 0 aromatic heterocycles. The normalized spacial score (nSPS) is 10.2. The molecule has 1 rings (SSSR count). The second-order valence-electron chi connectivity index (χ2n) is 3.97. The molecule has 0 bridgehead atoms. The third kappa shape index (κ3) is 3.07. The lowest BCUT2D eigenvalue weighted by molar-refractivity contribution is 0.0481. The predicted molar refractivity (Wildman–Crippen MR) is 62.6 cm³/mol. The number of carbonyl (C=O) groups excluding carboxylic acids is 1. The quantitative estimate of drug-likeness (QED) is 0.627. The van der Waals surface area contributed by atoms with Gasteiger partial charge in [0.2, 0.25) is 0 Å². The molecule has 3 heteroatoms. The standard InChI is InChI=1S/C13H18O3/c1-9-7-10(2)11(3)12(8-9)13(15)16-6-4-5-14/h7-8,14H,4-6H2,1-3H3. The van der Waals surface area contributed by atoms with E-state index in [2.05, 4.69) is 0 Å². The summed E-state index contributed by atoms with van der Waals surface area (Å²) in [5.41, 5.74) is 3.72. The van der Waals surface area contributed by atoms with E-state index in [1.807, 2.05) is 32.9 Å². The third-order valence-corrected chi connectivity index (χ3v) is 2.57. The fraction of sp³-hybridized carbons (Fsp3) is 0.462. The number of rotatable bonds is 4. The van der Waals surface area contributed by atoms with Gasteiger partial charge in [-0.3, -0.25) is 0 Å². The monoisotopic (exact) mass is 222 g/mol. The predicted octanol–water partition coefficient (Wildman–Crippen LogP) is 2.15. The molecule has 0 fully saturated rings. The summed E-state index contributed by atoms with van der Waals surface area (Å²) in [7, 11) is 0. The van der Waals surface area contributed by atoms with Gasteiger partial charge in [-0.2, -0.15) is 0 Å². The lowest BCUT2D eigenvalue weighted by Crippen LogP contribution is -2.10. The van der Waals surface area contributed by atoms with Gasteiger partial charge in [0.25, 0.3) is 0 Å². The Hall–Kier alpha value is -1.35. The van der Waals surface area contributed by atoms with Crippen molar-refractivity contribution in [3.8, 4) is 0 Å². The van der Waals surface area contributed by atoms with E-state index in [4.69, 9.17) is 9.84 Å². The first kappa shape index (κ1) is 12.7. The van der Waals surface area contributed by atoms with Crippen LogP contribution in [0.5, 0.6) is 0 Å². The highest BCUT2D eigenvalue weighted by Crippen LogP contribution is 2.16. The maximum Gasteiger partial charge on any atom is 0.338 e. The molecule has 0 amide bonds. The molecule has 1 aromatic carbocycles. The molecule has 16 heavy (non-hydrogen) atoms. The molecule has 0 aliphatic heterocycles. The first-order valence-corrected chi connectivity index (χ1v) is 5.42. The molecular formula is C13H18O3. The van der Waals surface area contributed by atoms with Gasteiger partial charge >= 0.3 is 5.97 Å². The molecule has 0 aliphatic carbocycles. The van der Waals surface area contributed by atoms with Gasteiger partial charge < -0.3 is 9.84 Å². The van der Waals surface area contributed by atoms with E-state index in [1.165, 1.54) is 0 Å². The van der Waals surface area contributed by atoms with Crippen LogP contribution in [-0.4, -0.2) is 24.3 Å². The Kier molecular flexibility index (Phi) is 4.50. The van der Waals surface area contributed by atoms with Crippen molar-refractivity contribution in [1.82, 2.24) is 0 Å². The van der Waals surface area contributed by atoms with Crippen molar-refractivity contribution in [3.63, 3.8) is 0 Å². The molecule has 0 aliphatic rings. The highest BCUT2D eigenvalue weighted by molar-refractivity contribution is 5.91. The summed E-state index contributed by atoms with van der Waals surface area (Å²) >= 11 is 0. The summed E-state index contributed by atoms with van der Waals surface area (Å²) in [4.78, 5) is 11.7. The van der Waals surface area contributed by atoms with Gasteiger partial charge in [-0.25, -0.2) is 4.79 Å². The van der Waals surface area contributed by atoms with E-state index in [0.717, 1.165) is 16.7 Å². The van der Waals surface area contributed by atoms with Crippen molar-refractivity contribution in [2.24, 2.45) is 0 Å². The zero-order valence-electron chi connectivity index (χ0n) is 10.0. The van der Waals surface area contributed by atoms with Gasteiger partial charge in [-0.15, -0.1) is 0 Å². The second kappa shape index (κ2) is 5.66. The number of hydrogen-bond acceptors (Lipinski definition) is 3. The van der Waals surface area contributed by atoms with Gasteiger partial charge in [0, 0.05) is 13.0 Å². The molecular weight excluding hydrogens is 204 g/mol. The topological polar surface area (TPSA) is 46.5 Å². The van der Waals surface area contributed by atoms with Gasteiger partial charge in [-0.1, -0.05) is 6.07 Å². The maximum absolute atomic E-state index is 11.7. The van der Waals surface area contributed by atoms with Crippen LogP contribution >= 0.6 is 0 Å². The van der Waals surface area contributed by atoms with E-state index in [9.17, 15) is 4.79 Å². The number of benzene rings is 1. The summed E-state index contributed by atoms with van der Waals surface area (Å²) in [6.07, 6.45) is 0.482. The number of hydrogen-bond donors (Lipinski definition) is 1. The Bertz CT molecular complexity index is 383. The highest BCUT2D eigenvalue weighted by Gasteiger charge is 2.12. The lowest BCUT2D eigenvalue weighted by Gasteiger charge is -2.10. The Balaban J connectivity index is 2.82. The van der Waals surface area contributed by atoms with E-state index in [0.29, 0.717) is 12.0 Å². The molecule has 0 saturated carbocycles. The summed E-state index contributed by atoms with van der Waals surface area (Å²) in [5, 5.41) is 8.60. The third-order valence-electron chi connectivity index (χ3n) is 2.57. The van der Waals surface area contributed by atoms with Crippen LogP contribution < -0.4 is 0 Å². The van der Waals surface area contributed by atoms with Crippen LogP contribution in [0.3, 0.4) is 0 Å². The molecule has 0 unspecified atom stereocenters. The van der Waals surface area contributed by atoms with E-state index >= 15 is 0 Å². The van der Waals surface area contributed by atoms with Crippen LogP contribution in [0.1, 0.15) is 33.5 Å². The molecule has 1 N–H and O–H groups in total. The SMILES string of the molecule is Cc1cc(C)c(C)c(C(=O)OCCCO)c1. The van der Waals surface area contributed by atoms with Crippen LogP contribution in [0.4, 0.5) is 0 Å². The maximum atomic E-state index is 11.7. The summed E-state index contributed by atoms with van der Waals surface area (Å²) in [6.45, 7) is 6.15. The van der Waals surface area contributed by atoms with Crippen molar-refractivity contribution in [1.29, 1.82) is 0 Å². The minimum atomic E-state index is -0.308. The van der Waals surface area contributed by atoms with Crippen molar-refractivity contribution in [3.05, 3.63) is 34.4 Å². The summed E-state index contributed by atoms with van der Waals surface area (Å²) in [6, 6.07) is 3.88. The van der Waals surface area contributed by atoms with E-state index in [-0.39, 0.29) is 19.2 Å². The average molecular weight is 222 g/mol. The number of ether oxygens (including phenoxy) is 1. The Morgan fingerprint density at radius 2 is 2.00 bits per heavy atom. The van der Waals surface area contributed by atoms with Gasteiger partial charge in [0.1, 0.15) is 0 Å². The fourth-order valence-corrected chi connectivity index (χ4v) is 1.56. The largest absolute Gasteiger partial charge is 0.462 e. The van der Waals surface area contributed by atoms with Crippen LogP contribution in [0.15, 0.2) is 12.1 Å². The minimum absolute atomic E-state index is 0.0408. The molecule has 0 heterocycles. The zero-order valence-corrected chi connectivity index (χ0v) is 10.0. The van der Waals surface area contributed by atoms with Crippen molar-refractivity contribution in [2.45, 2.75) is 27.2 Å². The number of carbonyl (C=O) groups is 1. The average Bonchev–Trinajstić information content (AvgIpc) is 2.23. The Morgan fingerprint density at radius 1 is 1.31 bits per heavy atom. The van der Waals surface area contributed by atoms with Crippen molar-refractivity contribution in [2.75, 3.05) is 13.2 Å². The zero-order chi connectivity index (χ0) is 12.1. The molecule has 0 spiro atoms. The van der Waals surface area contributed by atoms with E-state index < -0.39 is 0 Å². The number of aliphatic hydroxyl groups is 1.